The van der Waals surface area contributed by atoms with E-state index in [9.17, 15) is 56.2 Å². The first-order valence-electron chi connectivity index (χ1n) is 10.5. The van der Waals surface area contributed by atoms with Crippen LogP contribution >= 0.6 is 0 Å². The molecule has 0 aromatic carbocycles. The van der Waals surface area contributed by atoms with Gasteiger partial charge in [-0.1, -0.05) is 0 Å². The Labute approximate surface area is 192 Å². The first kappa shape index (κ1) is 27.9. The Balaban J connectivity index is 1.87. The monoisotopic (exact) mass is 504 g/mol. The molecule has 0 amide bonds. The zero-order valence-corrected chi connectivity index (χ0v) is 17.8. The van der Waals surface area contributed by atoms with Crippen molar-refractivity contribution in [3.63, 3.8) is 0 Å². The predicted molar refractivity (Wildman–Crippen MR) is 101 cm³/mol. The molecule has 34 heavy (non-hydrogen) atoms. The van der Waals surface area contributed by atoms with Crippen LogP contribution in [-0.4, -0.2) is 168 Å². The Kier molecular flexibility index (Phi) is 8.85. The van der Waals surface area contributed by atoms with E-state index in [1.54, 1.807) is 0 Å². The van der Waals surface area contributed by atoms with Gasteiger partial charge in [-0.3, -0.25) is 0 Å². The molecule has 0 unspecified atom stereocenters. The van der Waals surface area contributed by atoms with Gasteiger partial charge < -0.3 is 79.9 Å². The van der Waals surface area contributed by atoms with Gasteiger partial charge in [0.25, 0.3) is 0 Å². The first-order valence-corrected chi connectivity index (χ1v) is 10.5. The molecular weight excluding hydrogens is 472 g/mol. The number of rotatable bonds is 7. The fourth-order valence-corrected chi connectivity index (χ4v) is 3.92. The average molecular weight is 504 g/mol. The molecule has 16 nitrogen and oxygen atoms in total. The van der Waals surface area contributed by atoms with Crippen molar-refractivity contribution >= 4 is 0 Å². The minimum Gasteiger partial charge on any atom is -0.394 e. The summed E-state index contributed by atoms with van der Waals surface area (Å²) in [5.41, 5.74) is 0. The summed E-state index contributed by atoms with van der Waals surface area (Å²) in [6.45, 7) is -4.06. The molecule has 0 bridgehead atoms. The van der Waals surface area contributed by atoms with Gasteiger partial charge in [0.15, 0.2) is 6.29 Å². The molecule has 0 aromatic heterocycles. The molecule has 3 saturated heterocycles. The number of hydrogen-bond acceptors (Lipinski definition) is 16. The van der Waals surface area contributed by atoms with Crippen LogP contribution in [0.15, 0.2) is 0 Å². The van der Waals surface area contributed by atoms with E-state index in [0.29, 0.717) is 0 Å². The smallest absolute Gasteiger partial charge is 0.224 e. The van der Waals surface area contributed by atoms with Crippen LogP contribution in [-0.2, 0) is 23.7 Å². The third-order valence-corrected chi connectivity index (χ3v) is 6.24. The van der Waals surface area contributed by atoms with E-state index in [1.165, 1.54) is 0 Å². The molecule has 0 radical (unpaired) electrons. The van der Waals surface area contributed by atoms with E-state index in [-0.39, 0.29) is 0 Å². The van der Waals surface area contributed by atoms with Crippen LogP contribution in [0.1, 0.15) is 0 Å². The topological polar surface area (TPSA) is 269 Å². The van der Waals surface area contributed by atoms with Crippen molar-refractivity contribution in [2.24, 2.45) is 0 Å². The molecule has 0 aromatic rings. The second-order valence-electron chi connectivity index (χ2n) is 8.51. The zero-order valence-electron chi connectivity index (χ0n) is 17.8. The number of aliphatic hydroxyl groups is 11. The summed E-state index contributed by atoms with van der Waals surface area (Å²) in [6, 6.07) is 0. The van der Waals surface area contributed by atoms with Crippen LogP contribution < -0.4 is 0 Å². The maximum Gasteiger partial charge on any atom is 0.224 e. The van der Waals surface area contributed by atoms with E-state index < -0.39 is 112 Å². The van der Waals surface area contributed by atoms with Crippen LogP contribution in [0.5, 0.6) is 0 Å². The second kappa shape index (κ2) is 10.8. The van der Waals surface area contributed by atoms with E-state index in [1.807, 2.05) is 0 Å². The summed E-state index contributed by atoms with van der Waals surface area (Å²) < 4.78 is 26.7. The van der Waals surface area contributed by atoms with Gasteiger partial charge in [-0.05, 0) is 0 Å². The van der Waals surface area contributed by atoms with Gasteiger partial charge in [-0.2, -0.15) is 0 Å². The third-order valence-electron chi connectivity index (χ3n) is 6.24. The van der Waals surface area contributed by atoms with E-state index in [2.05, 4.69) is 0 Å². The Morgan fingerprint density at radius 1 is 0.676 bits per heavy atom. The van der Waals surface area contributed by atoms with Crippen LogP contribution in [0.3, 0.4) is 0 Å². The van der Waals surface area contributed by atoms with E-state index in [0.717, 1.165) is 0 Å². The summed E-state index contributed by atoms with van der Waals surface area (Å²) in [6.07, 6.45) is -19.7. The van der Waals surface area contributed by atoms with Gasteiger partial charge in [0, 0.05) is 0 Å². The molecule has 200 valence electrons. The van der Waals surface area contributed by atoms with Crippen molar-refractivity contribution in [1.82, 2.24) is 0 Å². The highest BCUT2D eigenvalue weighted by molar-refractivity contribution is 4.98. The Morgan fingerprint density at radius 3 is 1.74 bits per heavy atom. The summed E-state index contributed by atoms with van der Waals surface area (Å²) in [5, 5.41) is 110. The molecule has 0 saturated carbocycles. The molecule has 13 atom stereocenters. The maximum atomic E-state index is 10.7. The fourth-order valence-electron chi connectivity index (χ4n) is 3.92. The van der Waals surface area contributed by atoms with Crippen molar-refractivity contribution < 1.29 is 79.9 Å². The molecular formula is C18H32O16. The molecule has 11 N–H and O–H groups in total. The lowest BCUT2D eigenvalue weighted by molar-refractivity contribution is -0.435. The van der Waals surface area contributed by atoms with Crippen LogP contribution in [0.2, 0.25) is 0 Å². The highest BCUT2D eigenvalue weighted by atomic mass is 16.8. The fraction of sp³-hybridized carbons (Fsp3) is 1.00. The van der Waals surface area contributed by atoms with Gasteiger partial charge in [-0.25, -0.2) is 0 Å². The molecule has 3 aliphatic heterocycles. The number of ether oxygens (including phenoxy) is 5. The summed E-state index contributed by atoms with van der Waals surface area (Å²) in [7, 11) is 0. The average Bonchev–Trinajstić information content (AvgIpc) is 2.83. The van der Waals surface area contributed by atoms with Gasteiger partial charge in [-0.15, -0.1) is 0 Å². The third kappa shape index (κ3) is 4.96. The largest absolute Gasteiger partial charge is 0.394 e. The molecule has 3 heterocycles. The van der Waals surface area contributed by atoms with Crippen molar-refractivity contribution in [1.29, 1.82) is 0 Å². The summed E-state index contributed by atoms with van der Waals surface area (Å²) >= 11 is 0. The number of hydrogen-bond donors (Lipinski definition) is 11. The number of aliphatic hydroxyl groups excluding tert-OH is 11. The van der Waals surface area contributed by atoms with E-state index in [4.69, 9.17) is 23.7 Å². The van der Waals surface area contributed by atoms with Crippen LogP contribution in [0.25, 0.3) is 0 Å². The maximum absolute atomic E-state index is 10.7. The van der Waals surface area contributed by atoms with Crippen molar-refractivity contribution in [2.75, 3.05) is 33.0 Å². The van der Waals surface area contributed by atoms with Crippen molar-refractivity contribution in [3.05, 3.63) is 0 Å². The van der Waals surface area contributed by atoms with E-state index >= 15 is 0 Å². The SMILES string of the molecule is OC[C@H]1O[C@@H](O[C@]2(CO[C@]3(CO)OC[C@@H](O)[C@@H](O)[C@@H]3O)OC[C@@H](O)[C@@H](O)[C@@H]2O)[C@H](O)[C@@H](O)[C@@H]1O. The van der Waals surface area contributed by atoms with Crippen molar-refractivity contribution in [2.45, 2.75) is 78.9 Å². The lowest BCUT2D eigenvalue weighted by Crippen LogP contribution is -2.70. The highest BCUT2D eigenvalue weighted by Crippen LogP contribution is 2.36. The standard InChI is InChI=1S/C18H32O16/c19-1-8-11(25)12(26)13(27)16(33-8)34-18(15(29)10(24)7(22)3-31-18)5-32-17(4-20)14(28)9(23)6(21)2-30-17/h6-16,19-29H,1-5H2/t6-,7-,8-,9-,10-,11-,12+,13-,14+,15+,16+,17+,18+/m1/s1. The molecule has 0 aliphatic carbocycles. The summed E-state index contributed by atoms with van der Waals surface area (Å²) in [5.74, 6) is -4.85. The van der Waals surface area contributed by atoms with Crippen molar-refractivity contribution in [3.8, 4) is 0 Å². The van der Waals surface area contributed by atoms with Crippen LogP contribution in [0, 0.1) is 0 Å². The Bertz CT molecular complexity index is 668. The lowest BCUT2D eigenvalue weighted by atomic mass is 9.95. The second-order valence-corrected chi connectivity index (χ2v) is 8.51. The van der Waals surface area contributed by atoms with Gasteiger partial charge >= 0.3 is 0 Å². The molecule has 16 heteroatoms. The Morgan fingerprint density at radius 2 is 1.21 bits per heavy atom. The molecule has 3 fully saturated rings. The zero-order chi connectivity index (χ0) is 25.4. The lowest BCUT2D eigenvalue weighted by Gasteiger charge is -2.50. The predicted octanol–water partition coefficient (Wildman–Crippen LogP) is -7.57. The minimum atomic E-state index is -2.50. The molecule has 3 aliphatic rings. The van der Waals surface area contributed by atoms with Gasteiger partial charge in [0.1, 0.15) is 74.3 Å². The quantitative estimate of drug-likeness (QED) is 0.154. The molecule has 3 rings (SSSR count). The Hall–Kier alpha value is -0.640. The first-order chi connectivity index (χ1) is 15.9. The molecule has 0 spiro atoms. The highest BCUT2D eigenvalue weighted by Gasteiger charge is 2.58. The summed E-state index contributed by atoms with van der Waals surface area (Å²) in [4.78, 5) is 0. The minimum absolute atomic E-state index is 0.565. The van der Waals surface area contributed by atoms with Gasteiger partial charge in [0.05, 0.1) is 19.8 Å². The normalized spacial score (nSPS) is 52.5. The van der Waals surface area contributed by atoms with Crippen LogP contribution in [0.4, 0.5) is 0 Å². The van der Waals surface area contributed by atoms with Gasteiger partial charge in [0.2, 0.25) is 11.6 Å².